The van der Waals surface area contributed by atoms with Crippen molar-refractivity contribution < 1.29 is 23.9 Å². The second-order valence-corrected chi connectivity index (χ2v) is 8.06. The second kappa shape index (κ2) is 8.57. The number of amides is 2. The molecule has 0 saturated heterocycles. The molecule has 1 N–H and O–H groups in total. The Morgan fingerprint density at radius 3 is 2.40 bits per heavy atom. The Hall–Kier alpha value is -3.35. The zero-order valence-electron chi connectivity index (χ0n) is 17.6. The molecule has 0 bridgehead atoms. The maximum atomic E-state index is 12.9. The Bertz CT molecular complexity index is 950. The van der Waals surface area contributed by atoms with Gasteiger partial charge in [0, 0.05) is 0 Å². The van der Waals surface area contributed by atoms with Gasteiger partial charge in [0.05, 0.1) is 23.5 Å². The van der Waals surface area contributed by atoms with Gasteiger partial charge in [-0.25, -0.2) is 4.79 Å². The molecule has 158 valence electrons. The number of hydrogen-bond acceptors (Lipinski definition) is 5. The number of anilines is 2. The van der Waals surface area contributed by atoms with Gasteiger partial charge in [0.25, 0.3) is 5.91 Å². The number of hydrogen-bond donors (Lipinski definition) is 1. The van der Waals surface area contributed by atoms with Crippen LogP contribution in [0.15, 0.2) is 48.5 Å². The molecule has 0 atom stereocenters. The van der Waals surface area contributed by atoms with E-state index in [1.165, 1.54) is 4.90 Å². The highest BCUT2D eigenvalue weighted by Crippen LogP contribution is 2.36. The second-order valence-electron chi connectivity index (χ2n) is 8.06. The standard InChI is InChI=1S/C23H26N2O5/c1-15(2)13-29-17-11-9-16(10-12-17)21(27)30-14-20(26)25-19-8-6-5-7-18(19)24-22(28)23(25,3)4/h5-12,15H,13-14H2,1-4H3,(H,24,28). The third kappa shape index (κ3) is 4.45. The maximum Gasteiger partial charge on any atom is 0.338 e. The molecule has 0 aromatic heterocycles. The number of nitrogens with zero attached hydrogens (tertiary/aromatic N) is 1. The van der Waals surface area contributed by atoms with Crippen LogP contribution in [0.3, 0.4) is 0 Å². The quantitative estimate of drug-likeness (QED) is 0.735. The lowest BCUT2D eigenvalue weighted by Gasteiger charge is -2.41. The average molecular weight is 410 g/mol. The summed E-state index contributed by atoms with van der Waals surface area (Å²) in [6.45, 7) is 7.50. The van der Waals surface area contributed by atoms with Crippen LogP contribution < -0.4 is 15.0 Å². The summed E-state index contributed by atoms with van der Waals surface area (Å²) in [5.74, 6) is -0.349. The normalized spacial score (nSPS) is 14.7. The molecule has 3 rings (SSSR count). The first kappa shape index (κ1) is 21.4. The number of benzene rings is 2. The summed E-state index contributed by atoms with van der Waals surface area (Å²) < 4.78 is 10.8. The van der Waals surface area contributed by atoms with Crippen molar-refractivity contribution in [1.82, 2.24) is 0 Å². The van der Waals surface area contributed by atoms with E-state index >= 15 is 0 Å². The Balaban J connectivity index is 1.67. The third-order valence-corrected chi connectivity index (χ3v) is 4.76. The average Bonchev–Trinajstić information content (AvgIpc) is 2.71. The number of rotatable bonds is 6. The number of para-hydroxylation sites is 2. The molecule has 2 aromatic rings. The zero-order valence-corrected chi connectivity index (χ0v) is 17.6. The summed E-state index contributed by atoms with van der Waals surface area (Å²) in [5, 5.41) is 2.80. The van der Waals surface area contributed by atoms with Crippen LogP contribution in [0.1, 0.15) is 38.1 Å². The van der Waals surface area contributed by atoms with Crippen LogP contribution in [-0.2, 0) is 14.3 Å². The molecule has 0 spiro atoms. The van der Waals surface area contributed by atoms with E-state index < -0.39 is 24.0 Å². The van der Waals surface area contributed by atoms with Crippen molar-refractivity contribution in [3.8, 4) is 5.75 Å². The maximum absolute atomic E-state index is 12.9. The van der Waals surface area contributed by atoms with E-state index in [1.807, 2.05) is 13.8 Å². The van der Waals surface area contributed by atoms with Crippen molar-refractivity contribution in [1.29, 1.82) is 0 Å². The predicted molar refractivity (Wildman–Crippen MR) is 114 cm³/mol. The van der Waals surface area contributed by atoms with Crippen molar-refractivity contribution in [2.24, 2.45) is 5.92 Å². The van der Waals surface area contributed by atoms with Gasteiger partial charge in [-0.1, -0.05) is 26.0 Å². The molecule has 2 aromatic carbocycles. The van der Waals surface area contributed by atoms with Gasteiger partial charge in [0.15, 0.2) is 6.61 Å². The molecule has 7 nitrogen and oxygen atoms in total. The Morgan fingerprint density at radius 2 is 1.73 bits per heavy atom. The third-order valence-electron chi connectivity index (χ3n) is 4.76. The Kier molecular flexibility index (Phi) is 6.10. The monoisotopic (exact) mass is 410 g/mol. The minimum absolute atomic E-state index is 0.308. The van der Waals surface area contributed by atoms with Crippen LogP contribution in [0.5, 0.6) is 5.75 Å². The zero-order chi connectivity index (χ0) is 21.9. The number of carbonyl (C=O) groups excluding carboxylic acids is 3. The lowest BCUT2D eigenvalue weighted by Crippen LogP contribution is -2.59. The lowest BCUT2D eigenvalue weighted by molar-refractivity contribution is -0.128. The van der Waals surface area contributed by atoms with Crippen molar-refractivity contribution >= 4 is 29.2 Å². The molecule has 0 saturated carbocycles. The molecule has 30 heavy (non-hydrogen) atoms. The van der Waals surface area contributed by atoms with Crippen LogP contribution in [0.4, 0.5) is 11.4 Å². The Morgan fingerprint density at radius 1 is 1.07 bits per heavy atom. The van der Waals surface area contributed by atoms with E-state index in [0.717, 1.165) is 0 Å². The smallest absolute Gasteiger partial charge is 0.338 e. The highest BCUT2D eigenvalue weighted by atomic mass is 16.5. The van der Waals surface area contributed by atoms with Gasteiger partial charge in [-0.15, -0.1) is 0 Å². The summed E-state index contributed by atoms with van der Waals surface area (Å²) in [6.07, 6.45) is 0. The fourth-order valence-corrected chi connectivity index (χ4v) is 3.12. The predicted octanol–water partition coefficient (Wildman–Crippen LogP) is 3.64. The summed E-state index contributed by atoms with van der Waals surface area (Å²) in [7, 11) is 0. The molecule has 1 heterocycles. The number of fused-ring (bicyclic) bond motifs is 1. The number of nitrogens with one attached hydrogen (secondary N) is 1. The number of ether oxygens (including phenoxy) is 2. The molecular weight excluding hydrogens is 384 g/mol. The molecule has 7 heteroatoms. The first-order valence-corrected chi connectivity index (χ1v) is 9.83. The van der Waals surface area contributed by atoms with Gasteiger partial charge < -0.3 is 14.8 Å². The van der Waals surface area contributed by atoms with Gasteiger partial charge in [-0.2, -0.15) is 0 Å². The first-order valence-electron chi connectivity index (χ1n) is 9.83. The van der Waals surface area contributed by atoms with Crippen LogP contribution in [0, 0.1) is 5.92 Å². The van der Waals surface area contributed by atoms with Crippen LogP contribution in [0.2, 0.25) is 0 Å². The van der Waals surface area contributed by atoms with Crippen LogP contribution >= 0.6 is 0 Å². The highest BCUT2D eigenvalue weighted by Gasteiger charge is 2.43. The fraction of sp³-hybridized carbons (Fsp3) is 0.348. The minimum atomic E-state index is -1.12. The van der Waals surface area contributed by atoms with Gasteiger partial charge in [-0.05, 0) is 56.2 Å². The molecule has 1 aliphatic heterocycles. The van der Waals surface area contributed by atoms with E-state index in [4.69, 9.17) is 9.47 Å². The molecule has 0 aliphatic carbocycles. The van der Waals surface area contributed by atoms with Gasteiger partial charge in [0.2, 0.25) is 5.91 Å². The van der Waals surface area contributed by atoms with E-state index in [2.05, 4.69) is 5.32 Å². The van der Waals surface area contributed by atoms with Crippen molar-refractivity contribution in [2.45, 2.75) is 33.2 Å². The van der Waals surface area contributed by atoms with Crippen LogP contribution in [0.25, 0.3) is 0 Å². The lowest BCUT2D eigenvalue weighted by atomic mass is 9.96. The largest absolute Gasteiger partial charge is 0.493 e. The molecule has 1 aliphatic rings. The molecular formula is C23H26N2O5. The summed E-state index contributed by atoms with van der Waals surface area (Å²) in [4.78, 5) is 39.1. The SMILES string of the molecule is CC(C)COc1ccc(C(=O)OCC(=O)N2c3ccccc3NC(=O)C2(C)C)cc1. The van der Waals surface area contributed by atoms with Crippen molar-refractivity contribution in [3.63, 3.8) is 0 Å². The summed E-state index contributed by atoms with van der Waals surface area (Å²) in [5.41, 5.74) is 0.303. The van der Waals surface area contributed by atoms with E-state index in [-0.39, 0.29) is 5.91 Å². The first-order chi connectivity index (χ1) is 14.2. The van der Waals surface area contributed by atoms with Crippen LogP contribution in [-0.4, -0.2) is 36.5 Å². The molecule has 0 unspecified atom stereocenters. The highest BCUT2D eigenvalue weighted by molar-refractivity contribution is 6.14. The number of esters is 1. The topological polar surface area (TPSA) is 84.9 Å². The van der Waals surface area contributed by atoms with Crippen molar-refractivity contribution in [2.75, 3.05) is 23.4 Å². The van der Waals surface area contributed by atoms with E-state index in [9.17, 15) is 14.4 Å². The summed E-state index contributed by atoms with van der Waals surface area (Å²) >= 11 is 0. The molecule has 2 amide bonds. The van der Waals surface area contributed by atoms with E-state index in [0.29, 0.717) is 35.2 Å². The van der Waals surface area contributed by atoms with Gasteiger partial charge in [0.1, 0.15) is 11.3 Å². The summed E-state index contributed by atoms with van der Waals surface area (Å²) in [6, 6.07) is 13.6. The number of carbonyl (C=O) groups is 3. The van der Waals surface area contributed by atoms with Gasteiger partial charge >= 0.3 is 5.97 Å². The Labute approximate surface area is 176 Å². The minimum Gasteiger partial charge on any atom is -0.493 e. The molecule has 0 fully saturated rings. The van der Waals surface area contributed by atoms with Crippen molar-refractivity contribution in [3.05, 3.63) is 54.1 Å². The van der Waals surface area contributed by atoms with E-state index in [1.54, 1.807) is 62.4 Å². The molecule has 0 radical (unpaired) electrons. The van der Waals surface area contributed by atoms with Gasteiger partial charge in [-0.3, -0.25) is 14.5 Å². The fourth-order valence-electron chi connectivity index (χ4n) is 3.12.